The van der Waals surface area contributed by atoms with E-state index in [9.17, 15) is 9.59 Å². The van der Waals surface area contributed by atoms with E-state index < -0.39 is 6.10 Å². The standard InChI is InChI=1S/C17H20N2O4/c1-12(23-15-6-4-3-5-14(15)11-18)16(20)19-9-7-13(8-10-19)17(21)22-2/h3-6,12-13H,7-10H2,1-2H3. The van der Waals surface area contributed by atoms with E-state index in [4.69, 9.17) is 14.7 Å². The largest absolute Gasteiger partial charge is 0.480 e. The maximum absolute atomic E-state index is 12.4. The Kier molecular flexibility index (Phi) is 5.58. The molecule has 0 radical (unpaired) electrons. The minimum absolute atomic E-state index is 0.138. The predicted octanol–water partition coefficient (Wildman–Crippen LogP) is 1.74. The Morgan fingerprint density at radius 1 is 1.30 bits per heavy atom. The summed E-state index contributed by atoms with van der Waals surface area (Å²) < 4.78 is 10.4. The Labute approximate surface area is 135 Å². The lowest BCUT2D eigenvalue weighted by Gasteiger charge is -2.32. The second-order valence-electron chi connectivity index (χ2n) is 5.49. The third-order valence-electron chi connectivity index (χ3n) is 4.00. The van der Waals surface area contributed by atoms with E-state index in [1.54, 1.807) is 36.1 Å². The molecule has 0 aliphatic carbocycles. The minimum Gasteiger partial charge on any atom is -0.480 e. The van der Waals surface area contributed by atoms with E-state index in [1.807, 2.05) is 6.07 Å². The highest BCUT2D eigenvalue weighted by atomic mass is 16.5. The van der Waals surface area contributed by atoms with Gasteiger partial charge in [0.25, 0.3) is 5.91 Å². The number of hydrogen-bond donors (Lipinski definition) is 0. The zero-order valence-corrected chi connectivity index (χ0v) is 13.3. The first-order chi connectivity index (χ1) is 11.1. The first kappa shape index (κ1) is 16.8. The number of likely N-dealkylation sites (tertiary alicyclic amines) is 1. The van der Waals surface area contributed by atoms with Crippen molar-refractivity contribution < 1.29 is 19.1 Å². The summed E-state index contributed by atoms with van der Waals surface area (Å²) in [6, 6.07) is 8.87. The lowest BCUT2D eigenvalue weighted by Crippen LogP contribution is -2.45. The maximum atomic E-state index is 12.4. The summed E-state index contributed by atoms with van der Waals surface area (Å²) in [6.07, 6.45) is 0.513. The smallest absolute Gasteiger partial charge is 0.308 e. The highest BCUT2D eigenvalue weighted by molar-refractivity contribution is 5.81. The number of methoxy groups -OCH3 is 1. The Morgan fingerprint density at radius 3 is 2.57 bits per heavy atom. The maximum Gasteiger partial charge on any atom is 0.308 e. The van der Waals surface area contributed by atoms with E-state index in [0.29, 0.717) is 37.2 Å². The summed E-state index contributed by atoms with van der Waals surface area (Å²) >= 11 is 0. The first-order valence-corrected chi connectivity index (χ1v) is 7.59. The van der Waals surface area contributed by atoms with Gasteiger partial charge >= 0.3 is 5.97 Å². The van der Waals surface area contributed by atoms with Crippen LogP contribution in [0.15, 0.2) is 24.3 Å². The number of amides is 1. The number of benzene rings is 1. The van der Waals surface area contributed by atoms with Gasteiger partial charge in [0.05, 0.1) is 18.6 Å². The van der Waals surface area contributed by atoms with Crippen LogP contribution in [0, 0.1) is 17.2 Å². The number of piperidine rings is 1. The molecule has 1 amide bonds. The van der Waals surface area contributed by atoms with Gasteiger partial charge in [0, 0.05) is 13.1 Å². The zero-order chi connectivity index (χ0) is 16.8. The van der Waals surface area contributed by atoms with Crippen molar-refractivity contribution >= 4 is 11.9 Å². The predicted molar refractivity (Wildman–Crippen MR) is 82.6 cm³/mol. The summed E-state index contributed by atoms with van der Waals surface area (Å²) in [5.41, 5.74) is 0.400. The van der Waals surface area contributed by atoms with Gasteiger partial charge in [-0.2, -0.15) is 5.26 Å². The molecule has 0 saturated carbocycles. The topological polar surface area (TPSA) is 79.6 Å². The molecule has 1 unspecified atom stereocenters. The fourth-order valence-corrected chi connectivity index (χ4v) is 2.66. The molecule has 1 atom stereocenters. The molecule has 0 bridgehead atoms. The number of carbonyl (C=O) groups is 2. The highest BCUT2D eigenvalue weighted by Gasteiger charge is 2.30. The van der Waals surface area contributed by atoms with Crippen LogP contribution in [-0.2, 0) is 14.3 Å². The second-order valence-corrected chi connectivity index (χ2v) is 5.49. The van der Waals surface area contributed by atoms with E-state index >= 15 is 0 Å². The van der Waals surface area contributed by atoms with Crippen molar-refractivity contribution in [3.05, 3.63) is 29.8 Å². The van der Waals surface area contributed by atoms with E-state index in [2.05, 4.69) is 0 Å². The number of ether oxygens (including phenoxy) is 2. The molecule has 0 aromatic heterocycles. The highest BCUT2D eigenvalue weighted by Crippen LogP contribution is 2.22. The van der Waals surface area contributed by atoms with Gasteiger partial charge in [-0.25, -0.2) is 0 Å². The monoisotopic (exact) mass is 316 g/mol. The van der Waals surface area contributed by atoms with Crippen LogP contribution in [0.25, 0.3) is 0 Å². The van der Waals surface area contributed by atoms with Crippen LogP contribution < -0.4 is 4.74 Å². The van der Waals surface area contributed by atoms with Crippen LogP contribution in [-0.4, -0.2) is 43.1 Å². The molecule has 0 spiro atoms. The second kappa shape index (κ2) is 7.63. The van der Waals surface area contributed by atoms with E-state index in [1.165, 1.54) is 7.11 Å². The van der Waals surface area contributed by atoms with Crippen LogP contribution in [0.4, 0.5) is 0 Å². The van der Waals surface area contributed by atoms with Crippen molar-refractivity contribution in [1.82, 2.24) is 4.90 Å². The average Bonchev–Trinajstić information content (AvgIpc) is 2.61. The van der Waals surface area contributed by atoms with E-state index in [-0.39, 0.29) is 17.8 Å². The van der Waals surface area contributed by atoms with Gasteiger partial charge in [0.2, 0.25) is 0 Å². The molecule has 1 heterocycles. The van der Waals surface area contributed by atoms with Gasteiger partial charge in [-0.1, -0.05) is 12.1 Å². The third-order valence-corrected chi connectivity index (χ3v) is 4.00. The molecule has 1 saturated heterocycles. The van der Waals surface area contributed by atoms with Crippen molar-refractivity contribution in [3.8, 4) is 11.8 Å². The number of hydrogen-bond acceptors (Lipinski definition) is 5. The SMILES string of the molecule is COC(=O)C1CCN(C(=O)C(C)Oc2ccccc2C#N)CC1. The van der Waals surface area contributed by atoms with Crippen LogP contribution in [0.2, 0.25) is 0 Å². The summed E-state index contributed by atoms with van der Waals surface area (Å²) in [5.74, 6) is -0.0923. The van der Waals surface area contributed by atoms with Crippen LogP contribution >= 0.6 is 0 Å². The van der Waals surface area contributed by atoms with Crippen molar-refractivity contribution in [3.63, 3.8) is 0 Å². The Morgan fingerprint density at radius 2 is 1.96 bits per heavy atom. The van der Waals surface area contributed by atoms with Gasteiger partial charge in [-0.05, 0) is 31.9 Å². The molecule has 23 heavy (non-hydrogen) atoms. The number of esters is 1. The number of rotatable bonds is 4. The molecule has 6 nitrogen and oxygen atoms in total. The fourth-order valence-electron chi connectivity index (χ4n) is 2.66. The van der Waals surface area contributed by atoms with E-state index in [0.717, 1.165) is 0 Å². The average molecular weight is 316 g/mol. The van der Waals surface area contributed by atoms with Crippen LogP contribution in [0.5, 0.6) is 5.75 Å². The van der Waals surface area contributed by atoms with Crippen molar-refractivity contribution in [1.29, 1.82) is 5.26 Å². The molecule has 1 aromatic rings. The number of carbonyl (C=O) groups excluding carboxylic acids is 2. The lowest BCUT2D eigenvalue weighted by molar-refractivity contribution is -0.150. The summed E-state index contributed by atoms with van der Waals surface area (Å²) in [6.45, 7) is 2.68. The molecule has 1 aliphatic rings. The Balaban J connectivity index is 1.93. The molecule has 122 valence electrons. The van der Waals surface area contributed by atoms with Crippen molar-refractivity contribution in [2.75, 3.05) is 20.2 Å². The first-order valence-electron chi connectivity index (χ1n) is 7.59. The third kappa shape index (κ3) is 4.01. The van der Waals surface area contributed by atoms with Gasteiger partial charge in [-0.15, -0.1) is 0 Å². The van der Waals surface area contributed by atoms with Crippen molar-refractivity contribution in [2.24, 2.45) is 5.92 Å². The molecule has 6 heteroatoms. The zero-order valence-electron chi connectivity index (χ0n) is 13.3. The lowest BCUT2D eigenvalue weighted by atomic mass is 9.97. The van der Waals surface area contributed by atoms with Crippen LogP contribution in [0.1, 0.15) is 25.3 Å². The van der Waals surface area contributed by atoms with Gasteiger partial charge in [-0.3, -0.25) is 9.59 Å². The Bertz CT molecular complexity index is 615. The fraction of sp³-hybridized carbons (Fsp3) is 0.471. The Hall–Kier alpha value is -2.55. The van der Waals surface area contributed by atoms with Crippen LogP contribution in [0.3, 0.4) is 0 Å². The van der Waals surface area contributed by atoms with Gasteiger partial charge in [0.15, 0.2) is 6.10 Å². The molecular formula is C17H20N2O4. The molecule has 1 fully saturated rings. The summed E-state index contributed by atoms with van der Waals surface area (Å²) in [7, 11) is 1.38. The number of nitriles is 1. The molecule has 2 rings (SSSR count). The molecular weight excluding hydrogens is 296 g/mol. The van der Waals surface area contributed by atoms with Crippen molar-refractivity contribution in [2.45, 2.75) is 25.9 Å². The summed E-state index contributed by atoms with van der Waals surface area (Å²) in [4.78, 5) is 25.7. The number of para-hydroxylation sites is 1. The quantitative estimate of drug-likeness (QED) is 0.790. The summed E-state index contributed by atoms with van der Waals surface area (Å²) in [5, 5.41) is 9.05. The molecule has 1 aliphatic heterocycles. The number of nitrogens with zero attached hydrogens (tertiary/aromatic N) is 2. The molecule has 0 N–H and O–H groups in total. The normalized spacial score (nSPS) is 16.3. The minimum atomic E-state index is -0.681. The molecule has 1 aromatic carbocycles. The van der Waals surface area contributed by atoms with Gasteiger partial charge < -0.3 is 14.4 Å². The van der Waals surface area contributed by atoms with Gasteiger partial charge in [0.1, 0.15) is 11.8 Å².